The minimum atomic E-state index is 0.825. The zero-order valence-corrected chi connectivity index (χ0v) is 4.61. The summed E-state index contributed by atoms with van der Waals surface area (Å²) in [6.45, 7) is 10.9. The van der Waals surface area contributed by atoms with Crippen LogP contribution in [-0.4, -0.2) is 0 Å². The normalized spacial score (nSPS) is 8.14. The first-order valence-corrected chi connectivity index (χ1v) is 2.38. The minimum absolute atomic E-state index is 0.825. The SMILES string of the molecule is [CH2]CC(=C)CC=C. The standard InChI is InChI=1S/C7H11/c1-4-6-7(3)5-2/h4H,1-3,5-6H2. The van der Waals surface area contributed by atoms with E-state index in [1.54, 1.807) is 0 Å². The molecule has 0 aliphatic heterocycles. The summed E-state index contributed by atoms with van der Waals surface area (Å²) < 4.78 is 0. The molecule has 0 heterocycles. The van der Waals surface area contributed by atoms with Gasteiger partial charge in [0.25, 0.3) is 0 Å². The third-order valence-corrected chi connectivity index (χ3v) is 0.787. The number of hydrogen-bond acceptors (Lipinski definition) is 0. The van der Waals surface area contributed by atoms with Gasteiger partial charge in [-0.15, -0.1) is 6.58 Å². The molecule has 0 spiro atoms. The fourth-order valence-corrected chi connectivity index (χ4v) is 0.306. The highest BCUT2D eigenvalue weighted by Crippen LogP contribution is 2.00. The lowest BCUT2D eigenvalue weighted by molar-refractivity contribution is 1.12. The van der Waals surface area contributed by atoms with E-state index in [0.717, 1.165) is 18.4 Å². The summed E-state index contributed by atoms with van der Waals surface area (Å²) in [5, 5.41) is 0. The Morgan fingerprint density at radius 3 is 2.29 bits per heavy atom. The van der Waals surface area contributed by atoms with Crippen LogP contribution in [0, 0.1) is 6.92 Å². The second-order valence-corrected chi connectivity index (χ2v) is 1.49. The third kappa shape index (κ3) is 3.31. The second-order valence-electron chi connectivity index (χ2n) is 1.49. The van der Waals surface area contributed by atoms with E-state index in [4.69, 9.17) is 0 Å². The van der Waals surface area contributed by atoms with E-state index < -0.39 is 0 Å². The van der Waals surface area contributed by atoms with Crippen molar-refractivity contribution in [2.75, 3.05) is 0 Å². The van der Waals surface area contributed by atoms with E-state index in [-0.39, 0.29) is 0 Å². The fourth-order valence-electron chi connectivity index (χ4n) is 0.306. The van der Waals surface area contributed by atoms with Gasteiger partial charge in [-0.1, -0.05) is 18.2 Å². The van der Waals surface area contributed by atoms with Gasteiger partial charge in [0.2, 0.25) is 0 Å². The molecule has 1 radical (unpaired) electrons. The summed E-state index contributed by atoms with van der Waals surface area (Å²) in [6.07, 6.45) is 3.57. The van der Waals surface area contributed by atoms with Gasteiger partial charge in [-0.2, -0.15) is 0 Å². The maximum Gasteiger partial charge on any atom is -0.0144 e. The van der Waals surface area contributed by atoms with E-state index in [9.17, 15) is 0 Å². The molecule has 0 aliphatic carbocycles. The quantitative estimate of drug-likeness (QED) is 0.472. The van der Waals surface area contributed by atoms with Crippen molar-refractivity contribution in [3.8, 4) is 0 Å². The van der Waals surface area contributed by atoms with Crippen molar-refractivity contribution in [2.24, 2.45) is 0 Å². The minimum Gasteiger partial charge on any atom is -0.103 e. The molecule has 0 unspecified atom stereocenters. The first kappa shape index (κ1) is 6.48. The molecular formula is C7H11. The molecule has 0 fully saturated rings. The molecule has 0 saturated carbocycles. The van der Waals surface area contributed by atoms with Crippen molar-refractivity contribution in [1.82, 2.24) is 0 Å². The van der Waals surface area contributed by atoms with E-state index in [1.807, 2.05) is 6.08 Å². The Labute approximate surface area is 45.5 Å². The van der Waals surface area contributed by atoms with E-state index in [1.165, 1.54) is 0 Å². The van der Waals surface area contributed by atoms with Crippen molar-refractivity contribution in [3.05, 3.63) is 31.7 Å². The van der Waals surface area contributed by atoms with Gasteiger partial charge in [-0.3, -0.25) is 0 Å². The summed E-state index contributed by atoms with van der Waals surface area (Å²) in [5.74, 6) is 0. The summed E-state index contributed by atoms with van der Waals surface area (Å²) in [6, 6.07) is 0. The summed E-state index contributed by atoms with van der Waals surface area (Å²) >= 11 is 0. The van der Waals surface area contributed by atoms with Crippen LogP contribution in [0.5, 0.6) is 0 Å². The molecule has 0 atom stereocenters. The van der Waals surface area contributed by atoms with Crippen LogP contribution in [-0.2, 0) is 0 Å². The highest BCUT2D eigenvalue weighted by atomic mass is 13.9. The summed E-state index contributed by atoms with van der Waals surface area (Å²) in [5.41, 5.74) is 1.15. The molecule has 0 bridgehead atoms. The molecule has 0 N–H and O–H groups in total. The van der Waals surface area contributed by atoms with Gasteiger partial charge in [-0.25, -0.2) is 0 Å². The average Bonchev–Trinajstić information content (AvgIpc) is 1.68. The Hall–Kier alpha value is -0.520. The molecule has 0 aromatic heterocycles. The zero-order valence-electron chi connectivity index (χ0n) is 4.61. The van der Waals surface area contributed by atoms with E-state index in [0.29, 0.717) is 0 Å². The predicted octanol–water partition coefficient (Wildman–Crippen LogP) is 2.34. The highest BCUT2D eigenvalue weighted by Gasteiger charge is 1.80. The van der Waals surface area contributed by atoms with Crippen LogP contribution in [0.2, 0.25) is 0 Å². The van der Waals surface area contributed by atoms with E-state index >= 15 is 0 Å². The van der Waals surface area contributed by atoms with Gasteiger partial charge in [0, 0.05) is 0 Å². The van der Waals surface area contributed by atoms with Crippen molar-refractivity contribution in [2.45, 2.75) is 12.8 Å². The molecule has 0 rings (SSSR count). The lowest BCUT2D eigenvalue weighted by Crippen LogP contribution is -1.71. The van der Waals surface area contributed by atoms with Crippen LogP contribution in [0.1, 0.15) is 12.8 Å². The smallest absolute Gasteiger partial charge is 0.0144 e. The maximum absolute atomic E-state index is 3.73. The van der Waals surface area contributed by atoms with Gasteiger partial charge in [-0.05, 0) is 19.8 Å². The maximum atomic E-state index is 3.73. The van der Waals surface area contributed by atoms with Crippen molar-refractivity contribution >= 4 is 0 Å². The average molecular weight is 95.2 g/mol. The molecule has 0 aromatic rings. The van der Waals surface area contributed by atoms with Crippen LogP contribution in [0.15, 0.2) is 24.8 Å². The van der Waals surface area contributed by atoms with E-state index in [2.05, 4.69) is 20.1 Å². The van der Waals surface area contributed by atoms with Crippen molar-refractivity contribution in [3.63, 3.8) is 0 Å². The molecule has 7 heavy (non-hydrogen) atoms. The fraction of sp³-hybridized carbons (Fsp3) is 0.286. The molecule has 39 valence electrons. The largest absolute Gasteiger partial charge is 0.103 e. The van der Waals surface area contributed by atoms with Gasteiger partial charge in [0.15, 0.2) is 0 Å². The molecule has 0 amide bonds. The number of hydrogen-bond donors (Lipinski definition) is 0. The molecule has 0 saturated heterocycles. The Balaban J connectivity index is 3.17. The van der Waals surface area contributed by atoms with Crippen LogP contribution >= 0.6 is 0 Å². The van der Waals surface area contributed by atoms with Crippen LogP contribution in [0.25, 0.3) is 0 Å². The van der Waals surface area contributed by atoms with Crippen molar-refractivity contribution in [1.29, 1.82) is 0 Å². The van der Waals surface area contributed by atoms with Gasteiger partial charge >= 0.3 is 0 Å². The Morgan fingerprint density at radius 2 is 2.14 bits per heavy atom. The first-order valence-electron chi connectivity index (χ1n) is 2.38. The van der Waals surface area contributed by atoms with Crippen molar-refractivity contribution < 1.29 is 0 Å². The molecule has 0 heteroatoms. The molecule has 0 aliphatic rings. The van der Waals surface area contributed by atoms with Crippen LogP contribution in [0.3, 0.4) is 0 Å². The van der Waals surface area contributed by atoms with Crippen LogP contribution < -0.4 is 0 Å². The second kappa shape index (κ2) is 3.66. The topological polar surface area (TPSA) is 0 Å². The van der Waals surface area contributed by atoms with Crippen LogP contribution in [0.4, 0.5) is 0 Å². The van der Waals surface area contributed by atoms with Gasteiger partial charge in [0.05, 0.1) is 0 Å². The summed E-state index contributed by atoms with van der Waals surface area (Å²) in [4.78, 5) is 0. The molecule has 0 nitrogen and oxygen atoms in total. The number of rotatable bonds is 3. The lowest BCUT2D eigenvalue weighted by atomic mass is 10.2. The lowest BCUT2D eigenvalue weighted by Gasteiger charge is -1.90. The monoisotopic (exact) mass is 95.1 g/mol. The Bertz CT molecular complexity index is 70.1. The van der Waals surface area contributed by atoms with Gasteiger partial charge in [0.1, 0.15) is 0 Å². The highest BCUT2D eigenvalue weighted by molar-refractivity contribution is 5.00. The first-order chi connectivity index (χ1) is 3.31. The third-order valence-electron chi connectivity index (χ3n) is 0.787. The predicted molar refractivity (Wildman–Crippen MR) is 33.9 cm³/mol. The van der Waals surface area contributed by atoms with Gasteiger partial charge < -0.3 is 0 Å². The number of allylic oxidation sites excluding steroid dienone is 2. The Morgan fingerprint density at radius 1 is 1.57 bits per heavy atom. The summed E-state index contributed by atoms with van der Waals surface area (Å²) in [7, 11) is 0. The zero-order chi connectivity index (χ0) is 5.70. The molecular weight excluding hydrogens is 84.1 g/mol. The molecule has 0 aromatic carbocycles. The Kier molecular flexibility index (Phi) is 3.39.